The molecule has 0 fully saturated rings. The van der Waals surface area contributed by atoms with Crippen molar-refractivity contribution < 1.29 is 4.39 Å². The van der Waals surface area contributed by atoms with Gasteiger partial charge < -0.3 is 5.32 Å². The molecule has 1 rings (SSSR count). The molecule has 0 aromatic heterocycles. The molecule has 0 aliphatic heterocycles. The van der Waals surface area contributed by atoms with Gasteiger partial charge in [0.05, 0.1) is 0 Å². The highest BCUT2D eigenvalue weighted by molar-refractivity contribution is 6.18. The van der Waals surface area contributed by atoms with Crippen molar-refractivity contribution in [3.8, 4) is 0 Å². The maximum atomic E-state index is 12.6. The average molecular weight is 228 g/mol. The van der Waals surface area contributed by atoms with E-state index in [1.165, 1.54) is 12.1 Å². The van der Waals surface area contributed by atoms with E-state index in [1.807, 2.05) is 24.3 Å². The third kappa shape index (κ3) is 5.55. The Labute approximate surface area is 95.0 Å². The van der Waals surface area contributed by atoms with Gasteiger partial charge in [0.2, 0.25) is 0 Å². The normalized spacial score (nSPS) is 11.1. The Hall–Kier alpha value is -0.860. The fourth-order valence-corrected chi connectivity index (χ4v) is 1.34. The van der Waals surface area contributed by atoms with E-state index in [-0.39, 0.29) is 5.82 Å². The molecule has 1 nitrogen and oxygen atoms in total. The Morgan fingerprint density at radius 1 is 1.20 bits per heavy atom. The number of nitrogens with one attached hydrogen (secondary N) is 1. The van der Waals surface area contributed by atoms with E-state index in [9.17, 15) is 4.39 Å². The highest BCUT2D eigenvalue weighted by atomic mass is 35.5. The van der Waals surface area contributed by atoms with E-state index in [0.717, 1.165) is 25.1 Å². The van der Waals surface area contributed by atoms with Gasteiger partial charge in [0, 0.05) is 12.4 Å². The van der Waals surface area contributed by atoms with Crippen molar-refractivity contribution in [1.29, 1.82) is 0 Å². The second-order valence-corrected chi connectivity index (χ2v) is 3.51. The van der Waals surface area contributed by atoms with Crippen LogP contribution >= 0.6 is 11.6 Å². The van der Waals surface area contributed by atoms with Gasteiger partial charge >= 0.3 is 0 Å². The second-order valence-electron chi connectivity index (χ2n) is 3.21. The number of alkyl halides is 1. The first kappa shape index (κ1) is 12.2. The van der Waals surface area contributed by atoms with E-state index in [4.69, 9.17) is 11.6 Å². The molecule has 0 bridgehead atoms. The molecule has 0 heterocycles. The van der Waals surface area contributed by atoms with E-state index in [0.29, 0.717) is 5.88 Å². The van der Waals surface area contributed by atoms with Gasteiger partial charge in [0.1, 0.15) is 5.82 Å². The molecule has 0 aliphatic rings. The SMILES string of the molecule is Fc1ccc(CCNC/C=C/CCl)cc1. The summed E-state index contributed by atoms with van der Waals surface area (Å²) in [7, 11) is 0. The monoisotopic (exact) mass is 227 g/mol. The zero-order chi connectivity index (χ0) is 10.9. The molecule has 15 heavy (non-hydrogen) atoms. The molecule has 3 heteroatoms. The summed E-state index contributed by atoms with van der Waals surface area (Å²) >= 11 is 5.47. The highest BCUT2D eigenvalue weighted by Crippen LogP contribution is 2.02. The summed E-state index contributed by atoms with van der Waals surface area (Å²) < 4.78 is 12.6. The zero-order valence-corrected chi connectivity index (χ0v) is 9.30. The number of halogens is 2. The largest absolute Gasteiger partial charge is 0.313 e. The summed E-state index contributed by atoms with van der Waals surface area (Å²) in [6.07, 6.45) is 4.82. The van der Waals surface area contributed by atoms with Gasteiger partial charge in [-0.25, -0.2) is 4.39 Å². The van der Waals surface area contributed by atoms with Crippen molar-refractivity contribution in [2.75, 3.05) is 19.0 Å². The first-order valence-electron chi connectivity index (χ1n) is 4.99. The maximum Gasteiger partial charge on any atom is 0.123 e. The number of allylic oxidation sites excluding steroid dienone is 1. The lowest BCUT2D eigenvalue weighted by Gasteiger charge is -2.01. The zero-order valence-electron chi connectivity index (χ0n) is 8.55. The van der Waals surface area contributed by atoms with Crippen molar-refractivity contribution in [3.63, 3.8) is 0 Å². The van der Waals surface area contributed by atoms with Crippen molar-refractivity contribution >= 4 is 11.6 Å². The fourth-order valence-electron chi connectivity index (χ4n) is 1.22. The predicted octanol–water partition coefficient (Wildman–Crippen LogP) is 2.75. The van der Waals surface area contributed by atoms with E-state index in [1.54, 1.807) is 0 Å². The molecule has 0 amide bonds. The predicted molar refractivity (Wildman–Crippen MR) is 62.8 cm³/mol. The van der Waals surface area contributed by atoms with Gasteiger partial charge in [-0.1, -0.05) is 24.3 Å². The number of benzene rings is 1. The summed E-state index contributed by atoms with van der Waals surface area (Å²) in [5.74, 6) is 0.372. The van der Waals surface area contributed by atoms with E-state index < -0.39 is 0 Å². The molecular weight excluding hydrogens is 213 g/mol. The standard InChI is InChI=1S/C12H15ClFN/c13-8-1-2-9-15-10-7-11-3-5-12(14)6-4-11/h1-6,15H,7-10H2/b2-1+. The van der Waals surface area contributed by atoms with Crippen LogP contribution in [0.4, 0.5) is 4.39 Å². The van der Waals surface area contributed by atoms with Gasteiger partial charge in [-0.3, -0.25) is 0 Å². The summed E-state index contributed by atoms with van der Waals surface area (Å²) in [5.41, 5.74) is 1.14. The molecule has 0 unspecified atom stereocenters. The maximum absolute atomic E-state index is 12.6. The van der Waals surface area contributed by atoms with Crippen LogP contribution in [0.3, 0.4) is 0 Å². The van der Waals surface area contributed by atoms with Gasteiger partial charge in [-0.2, -0.15) is 0 Å². The number of rotatable bonds is 6. The van der Waals surface area contributed by atoms with Gasteiger partial charge in [-0.05, 0) is 30.7 Å². The number of hydrogen-bond acceptors (Lipinski definition) is 1. The summed E-state index contributed by atoms with van der Waals surface area (Å²) in [6, 6.07) is 6.60. The summed E-state index contributed by atoms with van der Waals surface area (Å²) in [5, 5.41) is 3.24. The fraction of sp³-hybridized carbons (Fsp3) is 0.333. The minimum atomic E-state index is -0.184. The Morgan fingerprint density at radius 2 is 1.93 bits per heavy atom. The topological polar surface area (TPSA) is 12.0 Å². The second kappa shape index (κ2) is 7.43. The van der Waals surface area contributed by atoms with Gasteiger partial charge in [0.15, 0.2) is 0 Å². The molecule has 0 aliphatic carbocycles. The summed E-state index contributed by atoms with van der Waals surface area (Å²) in [6.45, 7) is 1.71. The Morgan fingerprint density at radius 3 is 2.60 bits per heavy atom. The van der Waals surface area contributed by atoms with Gasteiger partial charge in [0.25, 0.3) is 0 Å². The highest BCUT2D eigenvalue weighted by Gasteiger charge is 1.92. The minimum absolute atomic E-state index is 0.184. The van der Waals surface area contributed by atoms with Crippen molar-refractivity contribution in [2.24, 2.45) is 0 Å². The Bertz CT molecular complexity index is 295. The van der Waals surface area contributed by atoms with Crippen LogP contribution in [-0.4, -0.2) is 19.0 Å². The molecule has 0 saturated heterocycles. The smallest absolute Gasteiger partial charge is 0.123 e. The quantitative estimate of drug-likeness (QED) is 0.448. The van der Waals surface area contributed by atoms with Crippen LogP contribution < -0.4 is 5.32 Å². The number of hydrogen-bond donors (Lipinski definition) is 1. The van der Waals surface area contributed by atoms with Crippen LogP contribution in [0.5, 0.6) is 0 Å². The van der Waals surface area contributed by atoms with Crippen LogP contribution in [0, 0.1) is 5.82 Å². The Balaban J connectivity index is 2.15. The minimum Gasteiger partial charge on any atom is -0.313 e. The van der Waals surface area contributed by atoms with E-state index in [2.05, 4.69) is 5.32 Å². The third-order valence-corrected chi connectivity index (χ3v) is 2.20. The first-order chi connectivity index (χ1) is 7.33. The summed E-state index contributed by atoms with van der Waals surface area (Å²) in [4.78, 5) is 0. The lowest BCUT2D eigenvalue weighted by atomic mass is 10.1. The molecule has 1 N–H and O–H groups in total. The molecule has 0 spiro atoms. The molecule has 1 aromatic carbocycles. The van der Waals surface area contributed by atoms with Crippen LogP contribution in [-0.2, 0) is 6.42 Å². The van der Waals surface area contributed by atoms with Crippen molar-refractivity contribution in [1.82, 2.24) is 5.32 Å². The lowest BCUT2D eigenvalue weighted by Crippen LogP contribution is -2.16. The van der Waals surface area contributed by atoms with Crippen LogP contribution in [0.15, 0.2) is 36.4 Å². The molecule has 0 atom stereocenters. The molecule has 1 aromatic rings. The third-order valence-electron chi connectivity index (χ3n) is 2.02. The van der Waals surface area contributed by atoms with Crippen LogP contribution in [0.2, 0.25) is 0 Å². The van der Waals surface area contributed by atoms with E-state index >= 15 is 0 Å². The average Bonchev–Trinajstić information content (AvgIpc) is 2.26. The molecule has 0 radical (unpaired) electrons. The molecule has 0 saturated carbocycles. The van der Waals surface area contributed by atoms with Crippen LogP contribution in [0.1, 0.15) is 5.56 Å². The van der Waals surface area contributed by atoms with Crippen molar-refractivity contribution in [3.05, 3.63) is 47.8 Å². The molecule has 82 valence electrons. The molecular formula is C12H15ClFN. The Kier molecular flexibility index (Phi) is 6.05. The first-order valence-corrected chi connectivity index (χ1v) is 5.52. The lowest BCUT2D eigenvalue weighted by molar-refractivity contribution is 0.626. The van der Waals surface area contributed by atoms with Gasteiger partial charge in [-0.15, -0.1) is 11.6 Å². The van der Waals surface area contributed by atoms with Crippen molar-refractivity contribution in [2.45, 2.75) is 6.42 Å². The van der Waals surface area contributed by atoms with Crippen LogP contribution in [0.25, 0.3) is 0 Å².